The van der Waals surface area contributed by atoms with Crippen molar-refractivity contribution in [2.75, 3.05) is 5.32 Å². The van der Waals surface area contributed by atoms with Gasteiger partial charge in [-0.1, -0.05) is 54.0 Å². The maximum absolute atomic E-state index is 12.8. The lowest BCUT2D eigenvalue weighted by atomic mass is 10.1. The molecular weight excluding hydrogens is 390 g/mol. The average molecular weight is 412 g/mol. The molecule has 0 spiro atoms. The molecule has 0 atom stereocenters. The molecule has 2 aromatic carbocycles. The van der Waals surface area contributed by atoms with E-state index in [0.717, 1.165) is 17.7 Å². The summed E-state index contributed by atoms with van der Waals surface area (Å²) in [5.41, 5.74) is 3.05. The number of nitrogens with zero attached hydrogens (tertiary/aromatic N) is 1. The van der Waals surface area contributed by atoms with E-state index in [1.54, 1.807) is 19.1 Å². The molecule has 2 N–H and O–H groups in total. The van der Waals surface area contributed by atoms with Crippen LogP contribution in [-0.2, 0) is 11.3 Å². The van der Waals surface area contributed by atoms with Gasteiger partial charge in [0, 0.05) is 24.2 Å². The van der Waals surface area contributed by atoms with E-state index in [9.17, 15) is 9.59 Å². The number of benzene rings is 2. The van der Waals surface area contributed by atoms with Crippen LogP contribution in [0.15, 0.2) is 53.1 Å². The van der Waals surface area contributed by atoms with Gasteiger partial charge in [0.25, 0.3) is 5.91 Å². The van der Waals surface area contributed by atoms with E-state index in [1.807, 2.05) is 43.3 Å². The lowest BCUT2D eigenvalue weighted by Gasteiger charge is -2.08. The van der Waals surface area contributed by atoms with E-state index in [2.05, 4.69) is 15.8 Å². The molecule has 0 aliphatic carbocycles. The Balaban J connectivity index is 1.68. The summed E-state index contributed by atoms with van der Waals surface area (Å²) in [7, 11) is 0. The third kappa shape index (κ3) is 5.03. The second kappa shape index (κ2) is 9.39. The first-order valence-electron chi connectivity index (χ1n) is 9.37. The molecule has 0 saturated carbocycles. The van der Waals surface area contributed by atoms with Gasteiger partial charge in [-0.3, -0.25) is 9.59 Å². The zero-order chi connectivity index (χ0) is 20.8. The first-order valence-corrected chi connectivity index (χ1v) is 9.75. The first-order chi connectivity index (χ1) is 14.0. The zero-order valence-electron chi connectivity index (χ0n) is 16.3. The summed E-state index contributed by atoms with van der Waals surface area (Å²) in [5, 5.41) is 10.2. The Morgan fingerprint density at radius 1 is 1.10 bits per heavy atom. The van der Waals surface area contributed by atoms with Crippen LogP contribution in [0.1, 0.15) is 41.4 Å². The maximum atomic E-state index is 12.8. The highest BCUT2D eigenvalue weighted by atomic mass is 35.5. The Kier molecular flexibility index (Phi) is 6.67. The van der Waals surface area contributed by atoms with Crippen LogP contribution in [0.25, 0.3) is 11.3 Å². The molecule has 150 valence electrons. The molecule has 0 aliphatic heterocycles. The third-order valence-corrected chi connectivity index (χ3v) is 4.72. The zero-order valence-corrected chi connectivity index (χ0v) is 17.0. The van der Waals surface area contributed by atoms with Gasteiger partial charge in [-0.15, -0.1) is 0 Å². The normalized spacial score (nSPS) is 10.6. The van der Waals surface area contributed by atoms with Crippen LogP contribution < -0.4 is 10.6 Å². The van der Waals surface area contributed by atoms with Gasteiger partial charge in [-0.2, -0.15) is 0 Å². The van der Waals surface area contributed by atoms with Crippen molar-refractivity contribution in [2.45, 2.75) is 33.2 Å². The van der Waals surface area contributed by atoms with Crippen LogP contribution in [0.2, 0.25) is 5.02 Å². The van der Waals surface area contributed by atoms with Gasteiger partial charge >= 0.3 is 0 Å². The lowest BCUT2D eigenvalue weighted by molar-refractivity contribution is -0.116. The van der Waals surface area contributed by atoms with Crippen molar-refractivity contribution in [3.63, 3.8) is 0 Å². The molecule has 2 amide bonds. The van der Waals surface area contributed by atoms with Crippen molar-refractivity contribution in [2.24, 2.45) is 0 Å². The second-order valence-corrected chi connectivity index (χ2v) is 7.03. The van der Waals surface area contributed by atoms with Crippen LogP contribution in [0.3, 0.4) is 0 Å². The number of rotatable bonds is 7. The number of hydrogen-bond donors (Lipinski definition) is 2. The van der Waals surface area contributed by atoms with Gasteiger partial charge in [0.2, 0.25) is 5.91 Å². The van der Waals surface area contributed by atoms with Crippen LogP contribution in [0.4, 0.5) is 5.69 Å². The van der Waals surface area contributed by atoms with E-state index < -0.39 is 0 Å². The smallest absolute Gasteiger partial charge is 0.257 e. The van der Waals surface area contributed by atoms with Gasteiger partial charge in [-0.25, -0.2) is 0 Å². The molecule has 0 radical (unpaired) electrons. The molecule has 7 heteroatoms. The Morgan fingerprint density at radius 2 is 1.83 bits per heavy atom. The molecule has 3 aromatic rings. The summed E-state index contributed by atoms with van der Waals surface area (Å²) in [6, 6.07) is 14.5. The number of nitrogens with one attached hydrogen (secondary N) is 2. The van der Waals surface area contributed by atoms with Crippen molar-refractivity contribution in [3.8, 4) is 11.3 Å². The highest BCUT2D eigenvalue weighted by molar-refractivity contribution is 6.33. The number of carbonyl (C=O) groups is 2. The number of anilines is 1. The van der Waals surface area contributed by atoms with Crippen molar-refractivity contribution < 1.29 is 14.1 Å². The van der Waals surface area contributed by atoms with E-state index >= 15 is 0 Å². The summed E-state index contributed by atoms with van der Waals surface area (Å²) < 4.78 is 5.24. The van der Waals surface area contributed by atoms with E-state index in [-0.39, 0.29) is 11.8 Å². The topological polar surface area (TPSA) is 84.2 Å². The number of aryl methyl sites for hydroxylation is 1. The Bertz CT molecular complexity index is 1010. The van der Waals surface area contributed by atoms with Crippen molar-refractivity contribution >= 4 is 29.1 Å². The van der Waals surface area contributed by atoms with Crippen LogP contribution >= 0.6 is 11.6 Å². The van der Waals surface area contributed by atoms with Crippen molar-refractivity contribution in [3.05, 3.63) is 70.4 Å². The van der Waals surface area contributed by atoms with Gasteiger partial charge in [0.15, 0.2) is 0 Å². The maximum Gasteiger partial charge on any atom is 0.257 e. The molecule has 29 heavy (non-hydrogen) atoms. The Labute approximate surface area is 174 Å². The van der Waals surface area contributed by atoms with E-state index in [4.69, 9.17) is 16.1 Å². The van der Waals surface area contributed by atoms with Crippen molar-refractivity contribution in [1.82, 2.24) is 10.5 Å². The lowest BCUT2D eigenvalue weighted by Crippen LogP contribution is -2.23. The highest BCUT2D eigenvalue weighted by Crippen LogP contribution is 2.30. The molecule has 0 bridgehead atoms. The molecule has 1 aromatic heterocycles. The van der Waals surface area contributed by atoms with Crippen LogP contribution in [-0.4, -0.2) is 17.0 Å². The summed E-state index contributed by atoms with van der Waals surface area (Å²) >= 11 is 6.24. The fourth-order valence-corrected chi connectivity index (χ4v) is 3.13. The minimum atomic E-state index is -0.293. The number of halogens is 1. The van der Waals surface area contributed by atoms with Gasteiger partial charge < -0.3 is 15.2 Å². The van der Waals surface area contributed by atoms with Gasteiger partial charge in [0.1, 0.15) is 17.0 Å². The standard InChI is InChI=1S/C22H22ClN3O3/c1-3-6-19(27)25-16-11-9-15(10-12-16)13-24-22(28)20-14(2)29-26-21(20)17-7-4-5-8-18(17)23/h4-5,7-12H,3,6,13H2,1-2H3,(H,24,28)(H,25,27). The SMILES string of the molecule is CCCC(=O)Nc1ccc(CNC(=O)c2c(-c3ccccc3Cl)noc2C)cc1. The predicted molar refractivity (Wildman–Crippen MR) is 113 cm³/mol. The van der Waals surface area contributed by atoms with Crippen molar-refractivity contribution in [1.29, 1.82) is 0 Å². The Hall–Kier alpha value is -3.12. The van der Waals surface area contributed by atoms with Gasteiger partial charge in [0.05, 0.1) is 5.02 Å². The number of aromatic nitrogens is 1. The first kappa shape index (κ1) is 20.6. The summed E-state index contributed by atoms with van der Waals surface area (Å²) in [5.74, 6) is 0.119. The van der Waals surface area contributed by atoms with Crippen LogP contribution in [0.5, 0.6) is 0 Å². The number of hydrogen-bond acceptors (Lipinski definition) is 4. The molecule has 0 unspecified atom stereocenters. The minimum absolute atomic E-state index is 0.0106. The molecule has 6 nitrogen and oxygen atoms in total. The number of carbonyl (C=O) groups excluding carboxylic acids is 2. The van der Waals surface area contributed by atoms with Crippen LogP contribution in [0, 0.1) is 6.92 Å². The molecular formula is C22H22ClN3O3. The predicted octanol–water partition coefficient (Wildman–Crippen LogP) is 4.97. The monoisotopic (exact) mass is 411 g/mol. The molecule has 3 rings (SSSR count). The molecule has 0 aliphatic rings. The fraction of sp³-hybridized carbons (Fsp3) is 0.227. The Morgan fingerprint density at radius 3 is 2.52 bits per heavy atom. The number of amides is 2. The highest BCUT2D eigenvalue weighted by Gasteiger charge is 2.22. The minimum Gasteiger partial charge on any atom is -0.360 e. The summed E-state index contributed by atoms with van der Waals surface area (Å²) in [6.07, 6.45) is 1.29. The van der Waals surface area contributed by atoms with E-state index in [1.165, 1.54) is 0 Å². The second-order valence-electron chi connectivity index (χ2n) is 6.62. The van der Waals surface area contributed by atoms with Gasteiger partial charge in [-0.05, 0) is 37.1 Å². The molecule has 0 fully saturated rings. The average Bonchev–Trinajstić information content (AvgIpc) is 3.09. The third-order valence-electron chi connectivity index (χ3n) is 4.39. The summed E-state index contributed by atoms with van der Waals surface area (Å²) in [6.45, 7) is 3.98. The summed E-state index contributed by atoms with van der Waals surface area (Å²) in [4.78, 5) is 24.4. The fourth-order valence-electron chi connectivity index (χ4n) is 2.90. The molecule has 1 heterocycles. The van der Waals surface area contributed by atoms with E-state index in [0.29, 0.717) is 40.6 Å². The quantitative estimate of drug-likeness (QED) is 0.574. The molecule has 0 saturated heterocycles. The largest absolute Gasteiger partial charge is 0.360 e.